The number of ether oxygens (including phenoxy) is 1. The zero-order chi connectivity index (χ0) is 27.0. The molecule has 4 aromatic rings. The lowest BCUT2D eigenvalue weighted by Gasteiger charge is -2.37. The summed E-state index contributed by atoms with van der Waals surface area (Å²) in [5.41, 5.74) is 1.46. The highest BCUT2D eigenvalue weighted by atomic mass is 16.5. The van der Waals surface area contributed by atoms with Crippen LogP contribution in [0, 0.1) is 35.5 Å². The van der Waals surface area contributed by atoms with E-state index in [2.05, 4.69) is 23.5 Å². The SMILES string of the molecule is O=C(Nc1ccc(Oc2ccc3ccccc3c2)cc1)c1cccc(N2C(=O)[C@@H]3[C@H]4C=C[C@@H]([C@@H]5C[C@H]45)[C@@H]3C2=O)c1. The monoisotopic (exact) mass is 526 g/mol. The van der Waals surface area contributed by atoms with Gasteiger partial charge in [-0.1, -0.05) is 48.6 Å². The van der Waals surface area contributed by atoms with Crippen molar-refractivity contribution < 1.29 is 19.1 Å². The molecule has 1 N–H and O–H groups in total. The number of benzene rings is 4. The molecular formula is C34H26N2O4. The molecule has 4 aromatic carbocycles. The molecule has 6 atom stereocenters. The van der Waals surface area contributed by atoms with Gasteiger partial charge >= 0.3 is 0 Å². The fourth-order valence-corrected chi connectivity index (χ4v) is 7.17. The summed E-state index contributed by atoms with van der Waals surface area (Å²) in [5, 5.41) is 5.15. The van der Waals surface area contributed by atoms with Gasteiger partial charge in [0.15, 0.2) is 0 Å². The smallest absolute Gasteiger partial charge is 0.255 e. The predicted molar refractivity (Wildman–Crippen MR) is 152 cm³/mol. The van der Waals surface area contributed by atoms with Crippen LogP contribution >= 0.6 is 0 Å². The number of imide groups is 1. The Kier molecular flexibility index (Phi) is 5.02. The summed E-state index contributed by atoms with van der Waals surface area (Å²) in [5.74, 6) is 1.73. The number of anilines is 2. The number of nitrogens with one attached hydrogen (secondary N) is 1. The van der Waals surface area contributed by atoms with Gasteiger partial charge in [-0.3, -0.25) is 14.4 Å². The molecule has 9 rings (SSSR count). The van der Waals surface area contributed by atoms with Gasteiger partial charge in [0, 0.05) is 11.3 Å². The number of hydrogen-bond donors (Lipinski definition) is 1. The summed E-state index contributed by atoms with van der Waals surface area (Å²) in [7, 11) is 0. The molecule has 196 valence electrons. The lowest BCUT2D eigenvalue weighted by Crippen LogP contribution is -2.40. The van der Waals surface area contributed by atoms with Crippen molar-refractivity contribution >= 4 is 39.9 Å². The summed E-state index contributed by atoms with van der Waals surface area (Å²) in [6.07, 6.45) is 5.45. The first-order valence-corrected chi connectivity index (χ1v) is 13.8. The minimum Gasteiger partial charge on any atom is -0.457 e. The molecule has 0 aromatic heterocycles. The van der Waals surface area contributed by atoms with E-state index >= 15 is 0 Å². The molecule has 2 saturated carbocycles. The first-order chi connectivity index (χ1) is 19.5. The molecule has 6 heteroatoms. The third kappa shape index (κ3) is 3.59. The Morgan fingerprint density at radius 1 is 0.725 bits per heavy atom. The molecule has 4 aliphatic carbocycles. The molecule has 40 heavy (non-hydrogen) atoms. The maximum Gasteiger partial charge on any atom is 0.255 e. The summed E-state index contributed by atoms with van der Waals surface area (Å²) in [6, 6.07) is 28.0. The summed E-state index contributed by atoms with van der Waals surface area (Å²) < 4.78 is 6.01. The fraction of sp³-hybridized carbons (Fsp3) is 0.206. The van der Waals surface area contributed by atoms with Gasteiger partial charge in [-0.25, -0.2) is 4.90 Å². The van der Waals surface area contributed by atoms with Crippen LogP contribution in [-0.4, -0.2) is 17.7 Å². The van der Waals surface area contributed by atoms with Gasteiger partial charge in [0.1, 0.15) is 11.5 Å². The number of rotatable bonds is 5. The van der Waals surface area contributed by atoms with E-state index in [0.29, 0.717) is 34.5 Å². The van der Waals surface area contributed by atoms with Crippen molar-refractivity contribution in [1.29, 1.82) is 0 Å². The van der Waals surface area contributed by atoms with Crippen LogP contribution in [0.5, 0.6) is 11.5 Å². The van der Waals surface area contributed by atoms with Crippen LogP contribution in [0.2, 0.25) is 0 Å². The number of hydrogen-bond acceptors (Lipinski definition) is 4. The van der Waals surface area contributed by atoms with Gasteiger partial charge in [0.2, 0.25) is 11.8 Å². The molecule has 0 unspecified atom stereocenters. The minimum absolute atomic E-state index is 0.126. The molecule has 3 amide bonds. The van der Waals surface area contributed by atoms with Gasteiger partial charge in [-0.2, -0.15) is 0 Å². The van der Waals surface area contributed by atoms with E-state index in [0.717, 1.165) is 22.9 Å². The third-order valence-electron chi connectivity index (χ3n) is 9.10. The normalized spacial score (nSPS) is 27.4. The van der Waals surface area contributed by atoms with Gasteiger partial charge in [-0.15, -0.1) is 0 Å². The van der Waals surface area contributed by atoms with Crippen LogP contribution in [-0.2, 0) is 9.59 Å². The number of carbonyl (C=O) groups is 3. The van der Waals surface area contributed by atoms with E-state index in [9.17, 15) is 14.4 Å². The van der Waals surface area contributed by atoms with E-state index in [1.165, 1.54) is 4.90 Å². The van der Waals surface area contributed by atoms with Gasteiger partial charge in [0.25, 0.3) is 5.91 Å². The molecule has 1 saturated heterocycles. The van der Waals surface area contributed by atoms with Crippen molar-refractivity contribution in [2.75, 3.05) is 10.2 Å². The lowest BCUT2D eigenvalue weighted by atomic mass is 9.63. The van der Waals surface area contributed by atoms with Crippen molar-refractivity contribution in [3.05, 3.63) is 109 Å². The fourth-order valence-electron chi connectivity index (χ4n) is 7.17. The van der Waals surface area contributed by atoms with E-state index in [-0.39, 0.29) is 41.4 Å². The molecule has 6 nitrogen and oxygen atoms in total. The van der Waals surface area contributed by atoms with E-state index in [1.807, 2.05) is 36.4 Å². The zero-order valence-corrected chi connectivity index (χ0v) is 21.6. The average Bonchev–Trinajstić information content (AvgIpc) is 3.76. The van der Waals surface area contributed by atoms with Crippen LogP contribution in [0.25, 0.3) is 10.8 Å². The molecule has 1 heterocycles. The van der Waals surface area contributed by atoms with Gasteiger partial charge in [-0.05, 0) is 95.5 Å². The maximum absolute atomic E-state index is 13.5. The highest BCUT2D eigenvalue weighted by Crippen LogP contribution is 2.65. The number of nitrogens with zero attached hydrogens (tertiary/aromatic N) is 1. The van der Waals surface area contributed by atoms with Crippen LogP contribution in [0.3, 0.4) is 0 Å². The van der Waals surface area contributed by atoms with Crippen molar-refractivity contribution in [3.8, 4) is 11.5 Å². The predicted octanol–water partition coefficient (Wildman–Crippen LogP) is 6.44. The zero-order valence-electron chi connectivity index (χ0n) is 21.6. The lowest BCUT2D eigenvalue weighted by molar-refractivity contribution is -0.124. The topological polar surface area (TPSA) is 75.7 Å². The van der Waals surface area contributed by atoms with Crippen molar-refractivity contribution in [2.45, 2.75) is 6.42 Å². The second-order valence-electron chi connectivity index (χ2n) is 11.3. The van der Waals surface area contributed by atoms with E-state index < -0.39 is 0 Å². The molecule has 0 radical (unpaired) electrons. The Balaban J connectivity index is 0.971. The quantitative estimate of drug-likeness (QED) is 0.240. The standard InChI is InChI=1S/C34H26N2O4/c37-32(35-22-9-12-24(13-10-22)40-25-11-8-19-4-1-2-5-20(19)17-25)21-6-3-7-23(16-21)36-33(38)30-26-14-15-27(29-18-28(26)29)31(30)34(36)39/h1-17,26-31H,18H2,(H,35,37)/t26-,27-,28-,29+,30-,31+/m0/s1. The Bertz CT molecular complexity index is 1710. The summed E-state index contributed by atoms with van der Waals surface area (Å²) in [6.45, 7) is 0. The van der Waals surface area contributed by atoms with Crippen LogP contribution < -0.4 is 15.0 Å². The van der Waals surface area contributed by atoms with Crippen LogP contribution in [0.1, 0.15) is 16.8 Å². The average molecular weight is 527 g/mol. The van der Waals surface area contributed by atoms with Crippen LogP contribution in [0.15, 0.2) is 103 Å². The van der Waals surface area contributed by atoms with E-state index in [1.54, 1.807) is 48.5 Å². The first kappa shape index (κ1) is 23.2. The Morgan fingerprint density at radius 2 is 1.40 bits per heavy atom. The molecule has 5 aliphatic rings. The minimum atomic E-state index is -0.315. The number of carbonyl (C=O) groups excluding carboxylic acids is 3. The van der Waals surface area contributed by atoms with Crippen molar-refractivity contribution in [2.24, 2.45) is 35.5 Å². The molecule has 3 fully saturated rings. The largest absolute Gasteiger partial charge is 0.457 e. The number of fused-ring (bicyclic) bond motifs is 1. The van der Waals surface area contributed by atoms with Gasteiger partial charge in [0.05, 0.1) is 17.5 Å². The highest BCUT2D eigenvalue weighted by molar-refractivity contribution is 6.23. The Labute approximate surface area is 231 Å². The summed E-state index contributed by atoms with van der Waals surface area (Å²) >= 11 is 0. The molecular weight excluding hydrogens is 500 g/mol. The number of allylic oxidation sites excluding steroid dienone is 2. The van der Waals surface area contributed by atoms with Gasteiger partial charge < -0.3 is 10.1 Å². The van der Waals surface area contributed by atoms with E-state index in [4.69, 9.17) is 4.74 Å². The molecule has 1 aliphatic heterocycles. The second kappa shape index (κ2) is 8.65. The Morgan fingerprint density at radius 3 is 2.12 bits per heavy atom. The van der Waals surface area contributed by atoms with Crippen molar-refractivity contribution in [3.63, 3.8) is 0 Å². The second-order valence-corrected chi connectivity index (χ2v) is 11.3. The third-order valence-corrected chi connectivity index (χ3v) is 9.10. The van der Waals surface area contributed by atoms with Crippen LogP contribution in [0.4, 0.5) is 11.4 Å². The highest BCUT2D eigenvalue weighted by Gasteiger charge is 2.67. The summed E-state index contributed by atoms with van der Waals surface area (Å²) in [4.78, 5) is 41.4. The molecule has 0 spiro atoms. The Hall–Kier alpha value is -4.71. The maximum atomic E-state index is 13.5. The molecule has 2 bridgehead atoms. The number of amides is 3. The van der Waals surface area contributed by atoms with Crippen molar-refractivity contribution in [1.82, 2.24) is 0 Å². The first-order valence-electron chi connectivity index (χ1n) is 13.8.